The number of ether oxygens (including phenoxy) is 1. The molecule has 1 saturated heterocycles. The van der Waals surface area contributed by atoms with Crippen LogP contribution in [-0.4, -0.2) is 47.7 Å². The molecule has 0 aromatic heterocycles. The van der Waals surface area contributed by atoms with E-state index in [9.17, 15) is 9.59 Å². The molecule has 0 aromatic rings. The van der Waals surface area contributed by atoms with E-state index in [0.717, 1.165) is 6.42 Å². The molecule has 92 valence electrons. The van der Waals surface area contributed by atoms with Gasteiger partial charge in [-0.2, -0.15) is 0 Å². The average molecular weight is 229 g/mol. The lowest BCUT2D eigenvalue weighted by Crippen LogP contribution is -2.28. The summed E-state index contributed by atoms with van der Waals surface area (Å²) in [7, 11) is 0. The molecule has 1 N–H and O–H groups in total. The number of carbonyl (C=O) groups excluding carboxylic acids is 1. The number of hydrogen-bond donors (Lipinski definition) is 1. The van der Waals surface area contributed by atoms with E-state index in [0.29, 0.717) is 19.7 Å². The molecule has 0 bridgehead atoms. The monoisotopic (exact) mass is 229 g/mol. The van der Waals surface area contributed by atoms with Crippen LogP contribution in [0.2, 0.25) is 0 Å². The molecule has 5 heteroatoms. The van der Waals surface area contributed by atoms with Crippen LogP contribution in [0.25, 0.3) is 0 Å². The molecule has 16 heavy (non-hydrogen) atoms. The fourth-order valence-corrected chi connectivity index (χ4v) is 1.73. The normalized spacial score (nSPS) is 20.8. The summed E-state index contributed by atoms with van der Waals surface area (Å²) in [6, 6.07) is 0. The van der Waals surface area contributed by atoms with Gasteiger partial charge >= 0.3 is 5.97 Å². The van der Waals surface area contributed by atoms with Crippen molar-refractivity contribution >= 4 is 11.9 Å². The molecule has 0 spiro atoms. The van der Waals surface area contributed by atoms with Crippen molar-refractivity contribution < 1.29 is 19.4 Å². The van der Waals surface area contributed by atoms with Gasteiger partial charge in [-0.05, 0) is 20.3 Å². The topological polar surface area (TPSA) is 66.8 Å². The summed E-state index contributed by atoms with van der Waals surface area (Å²) < 4.78 is 5.36. The lowest BCUT2D eigenvalue weighted by Gasteiger charge is -2.16. The number of nitrogens with zero attached hydrogens (tertiary/aromatic N) is 1. The van der Waals surface area contributed by atoms with Crippen LogP contribution in [-0.2, 0) is 14.3 Å². The second-order valence-corrected chi connectivity index (χ2v) is 4.35. The quantitative estimate of drug-likeness (QED) is 0.682. The fraction of sp³-hybridized carbons (Fsp3) is 0.818. The third-order valence-corrected chi connectivity index (χ3v) is 2.59. The Labute approximate surface area is 95.4 Å². The van der Waals surface area contributed by atoms with E-state index in [1.807, 2.05) is 13.8 Å². The predicted octanol–water partition coefficient (Wildman–Crippen LogP) is 0.735. The lowest BCUT2D eigenvalue weighted by molar-refractivity contribution is -0.141. The van der Waals surface area contributed by atoms with Crippen molar-refractivity contribution in [2.24, 2.45) is 5.92 Å². The zero-order valence-corrected chi connectivity index (χ0v) is 9.81. The molecule has 0 unspecified atom stereocenters. The van der Waals surface area contributed by atoms with Crippen LogP contribution in [0, 0.1) is 5.92 Å². The maximum absolute atomic E-state index is 11.4. The molecule has 1 aliphatic rings. The molecule has 1 atom stereocenters. The van der Waals surface area contributed by atoms with Gasteiger partial charge in [0.1, 0.15) is 0 Å². The first-order chi connectivity index (χ1) is 7.50. The molecule has 0 aromatic carbocycles. The van der Waals surface area contributed by atoms with Gasteiger partial charge in [0.2, 0.25) is 5.91 Å². The maximum atomic E-state index is 11.4. The predicted molar refractivity (Wildman–Crippen MR) is 58.0 cm³/mol. The number of carboxylic acids is 1. The molecular weight excluding hydrogens is 210 g/mol. The lowest BCUT2D eigenvalue weighted by atomic mass is 10.1. The number of rotatable bonds is 6. The summed E-state index contributed by atoms with van der Waals surface area (Å²) in [4.78, 5) is 23.8. The van der Waals surface area contributed by atoms with Gasteiger partial charge in [-0.25, -0.2) is 0 Å². The first kappa shape index (κ1) is 13.0. The first-order valence-corrected chi connectivity index (χ1v) is 5.63. The van der Waals surface area contributed by atoms with Crippen LogP contribution >= 0.6 is 0 Å². The van der Waals surface area contributed by atoms with E-state index in [1.165, 1.54) is 0 Å². The number of carbonyl (C=O) groups is 2. The van der Waals surface area contributed by atoms with Gasteiger partial charge in [0, 0.05) is 26.1 Å². The highest BCUT2D eigenvalue weighted by Crippen LogP contribution is 2.17. The van der Waals surface area contributed by atoms with Crippen molar-refractivity contribution in [2.45, 2.75) is 32.8 Å². The minimum Gasteiger partial charge on any atom is -0.481 e. The second-order valence-electron chi connectivity index (χ2n) is 4.35. The zero-order chi connectivity index (χ0) is 12.1. The Morgan fingerprint density at radius 3 is 2.81 bits per heavy atom. The highest BCUT2D eigenvalue weighted by Gasteiger charge is 2.33. The third-order valence-electron chi connectivity index (χ3n) is 2.59. The third kappa shape index (κ3) is 3.81. The van der Waals surface area contributed by atoms with Crippen LogP contribution in [0.1, 0.15) is 26.7 Å². The van der Waals surface area contributed by atoms with Crippen LogP contribution < -0.4 is 0 Å². The number of likely N-dealkylation sites (tertiary alicyclic amines) is 1. The molecule has 1 heterocycles. The minimum absolute atomic E-state index is 0.0584. The number of carboxylic acid groups (broad SMARTS) is 1. The van der Waals surface area contributed by atoms with E-state index in [2.05, 4.69) is 0 Å². The van der Waals surface area contributed by atoms with Crippen LogP contribution in [0.5, 0.6) is 0 Å². The number of amides is 1. The van der Waals surface area contributed by atoms with Gasteiger partial charge < -0.3 is 14.7 Å². The molecule has 1 fully saturated rings. The molecule has 1 rings (SSSR count). The summed E-state index contributed by atoms with van der Waals surface area (Å²) in [5.41, 5.74) is 0. The highest BCUT2D eigenvalue weighted by molar-refractivity contribution is 5.86. The summed E-state index contributed by atoms with van der Waals surface area (Å²) >= 11 is 0. The van der Waals surface area contributed by atoms with Crippen LogP contribution in [0.4, 0.5) is 0 Å². The van der Waals surface area contributed by atoms with E-state index < -0.39 is 11.9 Å². The van der Waals surface area contributed by atoms with Gasteiger partial charge in [0.05, 0.1) is 12.0 Å². The number of aliphatic carboxylic acids is 1. The van der Waals surface area contributed by atoms with Crippen molar-refractivity contribution in [3.8, 4) is 0 Å². The standard InChI is InChI=1S/C11H19NO4/c1-8(2)16-5-3-4-12-7-9(11(14)15)6-10(12)13/h8-9H,3-7H2,1-2H3,(H,14,15)/t9-/m0/s1. The summed E-state index contributed by atoms with van der Waals surface area (Å²) in [5.74, 6) is -1.47. The van der Waals surface area contributed by atoms with E-state index in [-0.39, 0.29) is 18.4 Å². The Morgan fingerprint density at radius 2 is 2.31 bits per heavy atom. The number of hydrogen-bond acceptors (Lipinski definition) is 3. The fourth-order valence-electron chi connectivity index (χ4n) is 1.73. The van der Waals surface area contributed by atoms with Crippen molar-refractivity contribution in [2.75, 3.05) is 19.7 Å². The van der Waals surface area contributed by atoms with Gasteiger partial charge in [0.25, 0.3) is 0 Å². The smallest absolute Gasteiger partial charge is 0.308 e. The van der Waals surface area contributed by atoms with Gasteiger partial charge in [-0.3, -0.25) is 9.59 Å². The minimum atomic E-state index is -0.880. The molecule has 0 aliphatic carbocycles. The van der Waals surface area contributed by atoms with E-state index in [4.69, 9.17) is 9.84 Å². The Hall–Kier alpha value is -1.10. The largest absolute Gasteiger partial charge is 0.481 e. The Kier molecular flexibility index (Phi) is 4.73. The van der Waals surface area contributed by atoms with Gasteiger partial charge in [-0.1, -0.05) is 0 Å². The Bertz CT molecular complexity index is 265. The van der Waals surface area contributed by atoms with Gasteiger partial charge in [0.15, 0.2) is 0 Å². The first-order valence-electron chi connectivity index (χ1n) is 5.63. The Balaban J connectivity index is 2.23. The Morgan fingerprint density at radius 1 is 1.62 bits per heavy atom. The SMILES string of the molecule is CC(C)OCCCN1C[C@@H](C(=O)O)CC1=O. The maximum Gasteiger partial charge on any atom is 0.308 e. The molecular formula is C11H19NO4. The van der Waals surface area contributed by atoms with Crippen LogP contribution in [0.3, 0.4) is 0 Å². The molecule has 1 amide bonds. The van der Waals surface area contributed by atoms with E-state index >= 15 is 0 Å². The van der Waals surface area contributed by atoms with Crippen molar-refractivity contribution in [1.29, 1.82) is 0 Å². The summed E-state index contributed by atoms with van der Waals surface area (Å²) in [6.07, 6.45) is 1.09. The molecule has 0 radical (unpaired) electrons. The van der Waals surface area contributed by atoms with Crippen molar-refractivity contribution in [1.82, 2.24) is 4.90 Å². The van der Waals surface area contributed by atoms with Gasteiger partial charge in [-0.15, -0.1) is 0 Å². The van der Waals surface area contributed by atoms with E-state index in [1.54, 1.807) is 4.90 Å². The van der Waals surface area contributed by atoms with Crippen molar-refractivity contribution in [3.05, 3.63) is 0 Å². The second kappa shape index (κ2) is 5.84. The molecule has 5 nitrogen and oxygen atoms in total. The highest BCUT2D eigenvalue weighted by atomic mass is 16.5. The van der Waals surface area contributed by atoms with Crippen molar-refractivity contribution in [3.63, 3.8) is 0 Å². The molecule has 1 aliphatic heterocycles. The summed E-state index contributed by atoms with van der Waals surface area (Å²) in [6.45, 7) is 5.47. The molecule has 0 saturated carbocycles. The van der Waals surface area contributed by atoms with Crippen LogP contribution in [0.15, 0.2) is 0 Å². The zero-order valence-electron chi connectivity index (χ0n) is 9.81. The average Bonchev–Trinajstić information content (AvgIpc) is 2.55. The summed E-state index contributed by atoms with van der Waals surface area (Å²) in [5, 5.41) is 8.79.